The van der Waals surface area contributed by atoms with E-state index in [1.165, 1.54) is 5.56 Å². The third kappa shape index (κ3) is 7.65. The van der Waals surface area contributed by atoms with Gasteiger partial charge in [0, 0.05) is 26.6 Å². The first-order valence-electron chi connectivity index (χ1n) is 4.84. The van der Waals surface area contributed by atoms with Crippen LogP contribution in [0.3, 0.4) is 0 Å². The van der Waals surface area contributed by atoms with E-state index >= 15 is 0 Å². The summed E-state index contributed by atoms with van der Waals surface area (Å²) in [5.41, 5.74) is 2.39. The number of allylic oxidation sites excluding steroid dienone is 3. The lowest BCUT2D eigenvalue weighted by molar-refractivity contribution is 0.277. The largest absolute Gasteiger partial charge is 0.388 e. The van der Waals surface area contributed by atoms with Crippen LogP contribution in [0.4, 0.5) is 0 Å². The molecular formula is C13H19NO. The fraction of sp³-hybridized carbons (Fsp3) is 0.308. The van der Waals surface area contributed by atoms with Gasteiger partial charge in [-0.2, -0.15) is 0 Å². The zero-order valence-corrected chi connectivity index (χ0v) is 9.73. The van der Waals surface area contributed by atoms with Crippen LogP contribution in [0, 0.1) is 0 Å². The number of hydrogen-bond acceptors (Lipinski definition) is 2. The molecule has 82 valence electrons. The van der Waals surface area contributed by atoms with Gasteiger partial charge < -0.3 is 4.74 Å². The van der Waals surface area contributed by atoms with Crippen molar-refractivity contribution < 1.29 is 4.74 Å². The van der Waals surface area contributed by atoms with E-state index in [9.17, 15) is 0 Å². The van der Waals surface area contributed by atoms with E-state index in [0.29, 0.717) is 0 Å². The number of hydrogen-bond donors (Lipinski definition) is 0. The fourth-order valence-electron chi connectivity index (χ4n) is 1.06. The minimum atomic E-state index is 0.910. The number of methoxy groups -OCH3 is 1. The molecule has 1 rings (SSSR count). The second-order valence-electron chi connectivity index (χ2n) is 3.10. The lowest BCUT2D eigenvalue weighted by Gasteiger charge is -1.98. The minimum absolute atomic E-state index is 0.910. The SMILES string of the molecule is C=C(/C=C/C)Cc1ccncc1.COC. The molecule has 0 radical (unpaired) electrons. The Morgan fingerprint density at radius 2 is 1.93 bits per heavy atom. The van der Waals surface area contributed by atoms with E-state index in [1.54, 1.807) is 26.6 Å². The second kappa shape index (κ2) is 9.16. The zero-order valence-electron chi connectivity index (χ0n) is 9.73. The topological polar surface area (TPSA) is 22.1 Å². The van der Waals surface area contributed by atoms with Crippen LogP contribution in [0.5, 0.6) is 0 Å². The Labute approximate surface area is 92.3 Å². The van der Waals surface area contributed by atoms with Crippen molar-refractivity contribution in [3.8, 4) is 0 Å². The number of aromatic nitrogens is 1. The molecule has 2 heteroatoms. The van der Waals surface area contributed by atoms with Crippen LogP contribution in [0.1, 0.15) is 12.5 Å². The molecule has 0 aliphatic carbocycles. The Morgan fingerprint density at radius 1 is 1.40 bits per heavy atom. The normalized spacial score (nSPS) is 9.53. The number of nitrogens with zero attached hydrogens (tertiary/aromatic N) is 1. The highest BCUT2D eigenvalue weighted by atomic mass is 16.4. The molecule has 0 aromatic carbocycles. The van der Waals surface area contributed by atoms with Gasteiger partial charge in [-0.05, 0) is 31.0 Å². The van der Waals surface area contributed by atoms with Crippen molar-refractivity contribution in [2.24, 2.45) is 0 Å². The number of ether oxygens (including phenoxy) is 1. The van der Waals surface area contributed by atoms with Crippen molar-refractivity contribution in [3.63, 3.8) is 0 Å². The predicted octanol–water partition coefficient (Wildman–Crippen LogP) is 3.02. The van der Waals surface area contributed by atoms with E-state index in [1.807, 2.05) is 31.2 Å². The van der Waals surface area contributed by atoms with Crippen LogP contribution >= 0.6 is 0 Å². The summed E-state index contributed by atoms with van der Waals surface area (Å²) in [6.45, 7) is 5.93. The highest BCUT2D eigenvalue weighted by Crippen LogP contribution is 2.05. The van der Waals surface area contributed by atoms with Gasteiger partial charge in [-0.1, -0.05) is 24.3 Å². The Balaban J connectivity index is 0.000000583. The van der Waals surface area contributed by atoms with Gasteiger partial charge in [0.05, 0.1) is 0 Å². The molecule has 0 aliphatic rings. The molecule has 0 fully saturated rings. The van der Waals surface area contributed by atoms with Gasteiger partial charge in [0.15, 0.2) is 0 Å². The maximum atomic E-state index is 4.25. The van der Waals surface area contributed by atoms with Crippen LogP contribution in [0.2, 0.25) is 0 Å². The Hall–Kier alpha value is -1.41. The first-order chi connectivity index (χ1) is 7.24. The first-order valence-corrected chi connectivity index (χ1v) is 4.84. The summed E-state index contributed by atoms with van der Waals surface area (Å²) in [5.74, 6) is 0. The van der Waals surface area contributed by atoms with Crippen LogP contribution < -0.4 is 0 Å². The van der Waals surface area contributed by atoms with Crippen molar-refractivity contribution in [2.75, 3.05) is 14.2 Å². The second-order valence-corrected chi connectivity index (χ2v) is 3.10. The number of rotatable bonds is 3. The lowest BCUT2D eigenvalue weighted by atomic mass is 10.1. The molecule has 0 unspecified atom stereocenters. The average molecular weight is 205 g/mol. The summed E-state index contributed by atoms with van der Waals surface area (Å²) in [7, 11) is 3.25. The van der Waals surface area contributed by atoms with Gasteiger partial charge in [0.25, 0.3) is 0 Å². The maximum Gasteiger partial charge on any atom is 0.0351 e. The van der Waals surface area contributed by atoms with E-state index in [-0.39, 0.29) is 0 Å². The van der Waals surface area contributed by atoms with Crippen molar-refractivity contribution in [1.29, 1.82) is 0 Å². The molecule has 0 bridgehead atoms. The zero-order chi connectivity index (χ0) is 11.5. The molecule has 0 saturated heterocycles. The van der Waals surface area contributed by atoms with Gasteiger partial charge in [-0.15, -0.1) is 0 Å². The molecule has 0 aliphatic heterocycles. The van der Waals surface area contributed by atoms with Crippen LogP contribution in [0.15, 0.2) is 48.8 Å². The average Bonchev–Trinajstić information content (AvgIpc) is 2.20. The van der Waals surface area contributed by atoms with Crippen molar-refractivity contribution in [1.82, 2.24) is 4.98 Å². The van der Waals surface area contributed by atoms with Gasteiger partial charge in [0.2, 0.25) is 0 Å². The van der Waals surface area contributed by atoms with Crippen molar-refractivity contribution in [2.45, 2.75) is 13.3 Å². The van der Waals surface area contributed by atoms with Crippen LogP contribution in [-0.2, 0) is 11.2 Å². The quantitative estimate of drug-likeness (QED) is 0.708. The summed E-state index contributed by atoms with van der Waals surface area (Å²) in [5, 5.41) is 0. The van der Waals surface area contributed by atoms with Gasteiger partial charge >= 0.3 is 0 Å². The van der Waals surface area contributed by atoms with Crippen LogP contribution in [0.25, 0.3) is 0 Å². The predicted molar refractivity (Wildman–Crippen MR) is 64.8 cm³/mol. The summed E-state index contributed by atoms with van der Waals surface area (Å²) >= 11 is 0. The Morgan fingerprint density at radius 3 is 2.40 bits per heavy atom. The van der Waals surface area contributed by atoms with Gasteiger partial charge in [-0.3, -0.25) is 4.98 Å². The van der Waals surface area contributed by atoms with Crippen LogP contribution in [-0.4, -0.2) is 19.2 Å². The molecule has 0 spiro atoms. The summed E-state index contributed by atoms with van der Waals surface area (Å²) < 4.78 is 4.25. The maximum absolute atomic E-state index is 4.25. The third-order valence-electron chi connectivity index (χ3n) is 1.58. The molecule has 1 aromatic heterocycles. The summed E-state index contributed by atoms with van der Waals surface area (Å²) in [4.78, 5) is 3.95. The Kier molecular flexibility index (Phi) is 8.30. The monoisotopic (exact) mass is 205 g/mol. The molecule has 2 nitrogen and oxygen atoms in total. The standard InChI is InChI=1S/C11H13N.C2H6O/c1-3-4-10(2)9-11-5-7-12-8-6-11;1-3-2/h3-8H,2,9H2,1H3;1-2H3/b4-3+;. The smallest absolute Gasteiger partial charge is 0.0351 e. The highest BCUT2D eigenvalue weighted by Gasteiger charge is 1.91. The summed E-state index contributed by atoms with van der Waals surface area (Å²) in [6.07, 6.45) is 8.55. The summed E-state index contributed by atoms with van der Waals surface area (Å²) in [6, 6.07) is 4.02. The molecule has 0 saturated carbocycles. The molecule has 15 heavy (non-hydrogen) atoms. The van der Waals surface area contributed by atoms with E-state index in [4.69, 9.17) is 0 Å². The highest BCUT2D eigenvalue weighted by molar-refractivity contribution is 5.24. The van der Waals surface area contributed by atoms with E-state index in [2.05, 4.69) is 16.3 Å². The molecule has 0 atom stereocenters. The van der Waals surface area contributed by atoms with Crippen molar-refractivity contribution in [3.05, 3.63) is 54.4 Å². The van der Waals surface area contributed by atoms with Gasteiger partial charge in [-0.25, -0.2) is 0 Å². The van der Waals surface area contributed by atoms with E-state index < -0.39 is 0 Å². The van der Waals surface area contributed by atoms with Gasteiger partial charge in [0.1, 0.15) is 0 Å². The fourth-order valence-corrected chi connectivity index (χ4v) is 1.06. The molecular weight excluding hydrogens is 186 g/mol. The molecule has 1 aromatic rings. The lowest BCUT2D eigenvalue weighted by Crippen LogP contribution is -1.85. The van der Waals surface area contributed by atoms with Crippen molar-refractivity contribution >= 4 is 0 Å². The molecule has 1 heterocycles. The minimum Gasteiger partial charge on any atom is -0.388 e. The molecule has 0 N–H and O–H groups in total. The third-order valence-corrected chi connectivity index (χ3v) is 1.58. The first kappa shape index (κ1) is 13.6. The Bertz CT molecular complexity index is 291. The molecule has 0 amide bonds. The number of pyridine rings is 1. The van der Waals surface area contributed by atoms with E-state index in [0.717, 1.165) is 12.0 Å².